The Hall–Kier alpha value is -2.07. The van der Waals surface area contributed by atoms with Crippen molar-refractivity contribution >= 4 is 45.7 Å². The van der Waals surface area contributed by atoms with Crippen molar-refractivity contribution in [2.75, 3.05) is 18.7 Å². The van der Waals surface area contributed by atoms with Crippen molar-refractivity contribution in [3.63, 3.8) is 0 Å². The highest BCUT2D eigenvalue weighted by Gasteiger charge is 2.16. The molecule has 0 unspecified atom stereocenters. The van der Waals surface area contributed by atoms with Crippen molar-refractivity contribution in [3.8, 4) is 5.75 Å². The maximum Gasteiger partial charge on any atom is 0.271 e. The Morgan fingerprint density at radius 3 is 2.76 bits per heavy atom. The van der Waals surface area contributed by atoms with E-state index >= 15 is 0 Å². The number of methoxy groups -OCH3 is 1. The Morgan fingerprint density at radius 1 is 1.28 bits per heavy atom. The summed E-state index contributed by atoms with van der Waals surface area (Å²) >= 11 is 3.49. The van der Waals surface area contributed by atoms with E-state index in [1.165, 1.54) is 11.3 Å². The van der Waals surface area contributed by atoms with Gasteiger partial charge in [0.2, 0.25) is 0 Å². The first-order valence-electron chi connectivity index (χ1n) is 7.54. The van der Waals surface area contributed by atoms with E-state index in [1.54, 1.807) is 17.8 Å². The monoisotopic (exact) mass is 467 g/mol. The summed E-state index contributed by atoms with van der Waals surface area (Å²) in [6, 6.07) is 11.5. The molecular weight excluding hydrogens is 453 g/mol. The Kier molecular flexibility index (Phi) is 4.38. The van der Waals surface area contributed by atoms with Crippen LogP contribution in [0.1, 0.15) is 5.76 Å². The number of hydrogen-bond acceptors (Lipinski definition) is 6. The largest absolute Gasteiger partial charge is 0.497 e. The van der Waals surface area contributed by atoms with Gasteiger partial charge < -0.3 is 14.1 Å². The summed E-state index contributed by atoms with van der Waals surface area (Å²) in [5, 5.41) is 0. The van der Waals surface area contributed by atoms with Crippen molar-refractivity contribution in [2.45, 2.75) is 6.67 Å². The fourth-order valence-electron chi connectivity index (χ4n) is 2.60. The van der Waals surface area contributed by atoms with Crippen LogP contribution in [0.4, 0.5) is 5.69 Å². The molecule has 0 atom stereocenters. The first kappa shape index (κ1) is 16.4. The van der Waals surface area contributed by atoms with Crippen molar-refractivity contribution in [1.29, 1.82) is 0 Å². The smallest absolute Gasteiger partial charge is 0.271 e. The molecule has 0 N–H and O–H groups in total. The maximum atomic E-state index is 12.7. The molecule has 3 heterocycles. The number of fused-ring (bicyclic) bond motifs is 1. The van der Waals surface area contributed by atoms with Gasteiger partial charge in [-0.2, -0.15) is 0 Å². The Bertz CT molecular complexity index is 1080. The number of thiazole rings is 1. The normalized spacial score (nSPS) is 14.3. The summed E-state index contributed by atoms with van der Waals surface area (Å²) in [4.78, 5) is 20.0. The fourth-order valence-corrected chi connectivity index (χ4v) is 3.98. The average molecular weight is 467 g/mol. The second-order valence-corrected chi connectivity index (χ2v) is 7.52. The minimum absolute atomic E-state index is 0.0478. The minimum Gasteiger partial charge on any atom is -0.497 e. The Balaban J connectivity index is 1.67. The van der Waals surface area contributed by atoms with E-state index in [1.807, 2.05) is 41.3 Å². The van der Waals surface area contributed by atoms with E-state index in [2.05, 4.69) is 27.6 Å². The summed E-state index contributed by atoms with van der Waals surface area (Å²) in [5.41, 5.74) is 0.952. The number of anilines is 1. The van der Waals surface area contributed by atoms with E-state index in [9.17, 15) is 4.79 Å². The highest BCUT2D eigenvalue weighted by molar-refractivity contribution is 14.1. The second kappa shape index (κ2) is 6.68. The van der Waals surface area contributed by atoms with Gasteiger partial charge in [0.15, 0.2) is 8.57 Å². The Labute approximate surface area is 160 Å². The molecule has 1 aromatic carbocycles. The lowest BCUT2D eigenvalue weighted by molar-refractivity contribution is 0.414. The van der Waals surface area contributed by atoms with E-state index in [-0.39, 0.29) is 5.56 Å². The van der Waals surface area contributed by atoms with E-state index in [0.717, 1.165) is 20.0 Å². The molecule has 0 saturated carbocycles. The molecule has 0 radical (unpaired) electrons. The molecule has 8 heteroatoms. The molecule has 0 spiro atoms. The average Bonchev–Trinajstić information content (AvgIpc) is 3.18. The van der Waals surface area contributed by atoms with E-state index in [4.69, 9.17) is 9.15 Å². The molecule has 4 rings (SSSR count). The van der Waals surface area contributed by atoms with Gasteiger partial charge in [0.05, 0.1) is 11.6 Å². The number of aromatic nitrogens is 1. The van der Waals surface area contributed by atoms with Crippen molar-refractivity contribution < 1.29 is 9.15 Å². The maximum absolute atomic E-state index is 12.7. The van der Waals surface area contributed by atoms with Gasteiger partial charge in [0, 0.05) is 11.8 Å². The number of halogens is 1. The molecule has 0 amide bonds. The van der Waals surface area contributed by atoms with Gasteiger partial charge in [-0.3, -0.25) is 9.36 Å². The SMILES string of the molecule is COc1ccc(N2CN=c3sc(=Cc4ccc(I)o4)c(=O)n3C2)cc1. The number of benzene rings is 1. The molecule has 2 aromatic heterocycles. The molecule has 0 aliphatic carbocycles. The van der Waals surface area contributed by atoms with Crippen LogP contribution in [0.2, 0.25) is 0 Å². The minimum atomic E-state index is -0.0478. The van der Waals surface area contributed by atoms with Crippen molar-refractivity contribution in [2.24, 2.45) is 4.99 Å². The number of nitrogens with zero attached hydrogens (tertiary/aromatic N) is 3. The lowest BCUT2D eigenvalue weighted by Gasteiger charge is -2.25. The van der Waals surface area contributed by atoms with Crippen LogP contribution in [0.15, 0.2) is 50.6 Å². The van der Waals surface area contributed by atoms with E-state index < -0.39 is 0 Å². The van der Waals surface area contributed by atoms with Gasteiger partial charge in [-0.25, -0.2) is 4.99 Å². The van der Waals surface area contributed by atoms with Crippen LogP contribution in [0.25, 0.3) is 6.08 Å². The second-order valence-electron chi connectivity index (χ2n) is 5.45. The predicted molar refractivity (Wildman–Crippen MR) is 105 cm³/mol. The van der Waals surface area contributed by atoms with Gasteiger partial charge in [0.1, 0.15) is 24.8 Å². The number of ether oxygens (including phenoxy) is 1. The molecular formula is C17H14IN3O3S. The summed E-state index contributed by atoms with van der Waals surface area (Å²) < 4.78 is 13.8. The van der Waals surface area contributed by atoms with Crippen LogP contribution >= 0.6 is 33.9 Å². The Morgan fingerprint density at radius 2 is 2.08 bits per heavy atom. The lowest BCUT2D eigenvalue weighted by atomic mass is 10.3. The third kappa shape index (κ3) is 3.23. The van der Waals surface area contributed by atoms with Crippen LogP contribution in [-0.2, 0) is 6.67 Å². The van der Waals surface area contributed by atoms with Gasteiger partial charge in [0.25, 0.3) is 5.56 Å². The van der Waals surface area contributed by atoms with Crippen LogP contribution in [0, 0.1) is 3.77 Å². The predicted octanol–water partition coefficient (Wildman–Crippen LogP) is 2.00. The number of rotatable bonds is 3. The summed E-state index contributed by atoms with van der Waals surface area (Å²) in [7, 11) is 1.64. The van der Waals surface area contributed by atoms with Crippen LogP contribution in [0.5, 0.6) is 5.75 Å². The van der Waals surface area contributed by atoms with E-state index in [0.29, 0.717) is 23.6 Å². The molecule has 1 aliphatic rings. The molecule has 0 fully saturated rings. The standard InChI is InChI=1S/C17H14IN3O3S/c1-23-12-4-2-11(3-5-12)20-9-19-17-21(10-20)16(22)14(25-17)8-13-6-7-15(18)24-13/h2-8H,9-10H2,1H3. The topological polar surface area (TPSA) is 60.0 Å². The molecule has 0 bridgehead atoms. The molecule has 3 aromatic rings. The van der Waals surface area contributed by atoms with Gasteiger partial charge in [-0.1, -0.05) is 11.3 Å². The molecule has 128 valence electrons. The van der Waals surface area contributed by atoms with Gasteiger partial charge in [-0.05, 0) is 59.0 Å². The first-order valence-corrected chi connectivity index (χ1v) is 9.44. The third-order valence-corrected chi connectivity index (χ3v) is 5.51. The molecule has 0 saturated heterocycles. The van der Waals surface area contributed by atoms with Gasteiger partial charge in [-0.15, -0.1) is 0 Å². The highest BCUT2D eigenvalue weighted by atomic mass is 127. The highest BCUT2D eigenvalue weighted by Crippen LogP contribution is 2.20. The van der Waals surface area contributed by atoms with Crippen LogP contribution in [0.3, 0.4) is 0 Å². The number of hydrogen-bond donors (Lipinski definition) is 0. The number of furan rings is 1. The summed E-state index contributed by atoms with van der Waals surface area (Å²) in [6.45, 7) is 0.994. The fraction of sp³-hybridized carbons (Fsp3) is 0.176. The zero-order valence-corrected chi connectivity index (χ0v) is 16.3. The first-order chi connectivity index (χ1) is 12.1. The zero-order chi connectivity index (χ0) is 17.4. The lowest BCUT2D eigenvalue weighted by Crippen LogP contribution is -2.42. The molecule has 1 aliphatic heterocycles. The molecule has 25 heavy (non-hydrogen) atoms. The van der Waals surface area contributed by atoms with Gasteiger partial charge >= 0.3 is 0 Å². The molecule has 6 nitrogen and oxygen atoms in total. The van der Waals surface area contributed by atoms with Crippen molar-refractivity contribution in [3.05, 3.63) is 65.6 Å². The van der Waals surface area contributed by atoms with Crippen LogP contribution in [-0.4, -0.2) is 18.3 Å². The van der Waals surface area contributed by atoms with Crippen molar-refractivity contribution in [1.82, 2.24) is 4.57 Å². The van der Waals surface area contributed by atoms with Crippen LogP contribution < -0.4 is 24.5 Å². The zero-order valence-electron chi connectivity index (χ0n) is 13.3. The third-order valence-electron chi connectivity index (χ3n) is 3.88. The quantitative estimate of drug-likeness (QED) is 0.554. The summed E-state index contributed by atoms with van der Waals surface area (Å²) in [5.74, 6) is 1.48. The summed E-state index contributed by atoms with van der Waals surface area (Å²) in [6.07, 6.45) is 1.77.